The highest BCUT2D eigenvalue weighted by Gasteiger charge is 2.27. The van der Waals surface area contributed by atoms with E-state index in [0.29, 0.717) is 11.2 Å². The summed E-state index contributed by atoms with van der Waals surface area (Å²) in [5.74, 6) is 0.827. The molecular weight excluding hydrogens is 344 g/mol. The van der Waals surface area contributed by atoms with Gasteiger partial charge in [0, 0.05) is 12.6 Å². The number of thiazole rings is 1. The molecule has 0 atom stereocenters. The van der Waals surface area contributed by atoms with Gasteiger partial charge in [-0.15, -0.1) is 0 Å². The third kappa shape index (κ3) is 4.41. The molecule has 5 heteroatoms. The molecule has 26 heavy (non-hydrogen) atoms. The van der Waals surface area contributed by atoms with Gasteiger partial charge in [-0.3, -0.25) is 4.90 Å². The third-order valence-corrected chi connectivity index (χ3v) is 5.68. The van der Waals surface area contributed by atoms with E-state index >= 15 is 0 Å². The van der Waals surface area contributed by atoms with E-state index < -0.39 is 0 Å². The Bertz CT molecular complexity index is 810. The number of aryl methyl sites for hydroxylation is 1. The Balaban J connectivity index is 1.30. The molecule has 1 saturated carbocycles. The van der Waals surface area contributed by atoms with Crippen molar-refractivity contribution in [1.29, 1.82) is 0 Å². The van der Waals surface area contributed by atoms with Crippen LogP contribution in [0, 0.1) is 0 Å². The van der Waals surface area contributed by atoms with Crippen LogP contribution in [0.2, 0.25) is 0 Å². The lowest BCUT2D eigenvalue weighted by Crippen LogP contribution is -2.30. The lowest BCUT2D eigenvalue weighted by molar-refractivity contribution is 0.188. The van der Waals surface area contributed by atoms with Gasteiger partial charge >= 0.3 is 0 Å². The highest BCUT2D eigenvalue weighted by atomic mass is 32.1. The van der Waals surface area contributed by atoms with Crippen LogP contribution in [0.5, 0.6) is 10.9 Å². The van der Waals surface area contributed by atoms with Gasteiger partial charge < -0.3 is 9.84 Å². The van der Waals surface area contributed by atoms with Gasteiger partial charge in [-0.1, -0.05) is 35.6 Å². The van der Waals surface area contributed by atoms with Crippen molar-refractivity contribution in [3.8, 4) is 10.9 Å². The molecule has 0 amide bonds. The van der Waals surface area contributed by atoms with Crippen molar-refractivity contribution in [2.24, 2.45) is 0 Å². The minimum Gasteiger partial charge on any atom is -0.431 e. The van der Waals surface area contributed by atoms with Crippen molar-refractivity contribution in [2.45, 2.75) is 31.7 Å². The minimum atomic E-state index is 0.258. The molecule has 0 saturated heterocycles. The summed E-state index contributed by atoms with van der Waals surface area (Å²) in [5, 5.41) is 9.85. The largest absolute Gasteiger partial charge is 0.431 e. The standard InChI is InChI=1S/C21H24N2O2S/c24-15-14-23(17-9-10-17)13-3-4-16-7-11-18(12-8-16)25-21-22-19-5-1-2-6-20(19)26-21/h1-2,5-8,11-12,17,24H,3-4,9-10,13-15H2. The average Bonchev–Trinajstić information content (AvgIpc) is 3.42. The predicted molar refractivity (Wildman–Crippen MR) is 106 cm³/mol. The van der Waals surface area contributed by atoms with Crippen LogP contribution in [0.1, 0.15) is 24.8 Å². The molecule has 1 aliphatic carbocycles. The third-order valence-electron chi connectivity index (χ3n) is 4.76. The zero-order chi connectivity index (χ0) is 17.8. The normalized spacial score (nSPS) is 14.2. The smallest absolute Gasteiger partial charge is 0.279 e. The number of hydrogen-bond acceptors (Lipinski definition) is 5. The predicted octanol–water partition coefficient (Wildman–Crippen LogP) is 4.48. The van der Waals surface area contributed by atoms with Gasteiger partial charge in [-0.05, 0) is 62.1 Å². The van der Waals surface area contributed by atoms with E-state index in [1.807, 2.05) is 30.3 Å². The SMILES string of the molecule is OCCN(CCCc1ccc(Oc2nc3ccccc3s2)cc1)C1CC1. The first-order valence-electron chi connectivity index (χ1n) is 9.29. The molecule has 3 aromatic rings. The molecule has 1 heterocycles. The number of hydrogen-bond donors (Lipinski definition) is 1. The number of fused-ring (bicyclic) bond motifs is 1. The molecule has 1 N–H and O–H groups in total. The summed E-state index contributed by atoms with van der Waals surface area (Å²) in [4.78, 5) is 6.93. The molecule has 4 nitrogen and oxygen atoms in total. The maximum absolute atomic E-state index is 9.17. The fourth-order valence-electron chi connectivity index (χ4n) is 3.25. The number of aromatic nitrogens is 1. The fraction of sp³-hybridized carbons (Fsp3) is 0.381. The van der Waals surface area contributed by atoms with Crippen LogP contribution in [0.3, 0.4) is 0 Å². The molecule has 0 bridgehead atoms. The molecule has 1 fully saturated rings. The monoisotopic (exact) mass is 368 g/mol. The maximum atomic E-state index is 9.17. The van der Waals surface area contributed by atoms with Crippen molar-refractivity contribution in [2.75, 3.05) is 19.7 Å². The van der Waals surface area contributed by atoms with Crippen molar-refractivity contribution in [1.82, 2.24) is 9.88 Å². The van der Waals surface area contributed by atoms with Crippen LogP contribution >= 0.6 is 11.3 Å². The number of benzene rings is 2. The summed E-state index contributed by atoms with van der Waals surface area (Å²) in [5.41, 5.74) is 2.30. The Morgan fingerprint density at radius 1 is 1.08 bits per heavy atom. The van der Waals surface area contributed by atoms with E-state index in [2.05, 4.69) is 28.1 Å². The summed E-state index contributed by atoms with van der Waals surface area (Å²) in [6.07, 6.45) is 4.75. The fourth-order valence-corrected chi connectivity index (χ4v) is 4.09. The average molecular weight is 369 g/mol. The number of ether oxygens (including phenoxy) is 1. The van der Waals surface area contributed by atoms with Crippen LogP contribution in [0.25, 0.3) is 10.2 Å². The quantitative estimate of drug-likeness (QED) is 0.605. The molecular formula is C21H24N2O2S. The van der Waals surface area contributed by atoms with E-state index in [0.717, 1.165) is 41.9 Å². The summed E-state index contributed by atoms with van der Waals surface area (Å²) >= 11 is 1.57. The second-order valence-corrected chi connectivity index (χ2v) is 7.78. The molecule has 0 unspecified atom stereocenters. The topological polar surface area (TPSA) is 45.6 Å². The van der Waals surface area contributed by atoms with Crippen LogP contribution < -0.4 is 4.74 Å². The van der Waals surface area contributed by atoms with Gasteiger partial charge in [0.2, 0.25) is 0 Å². The number of aliphatic hydroxyl groups is 1. The Morgan fingerprint density at radius 3 is 2.62 bits per heavy atom. The number of aliphatic hydroxyl groups excluding tert-OH is 1. The highest BCUT2D eigenvalue weighted by Crippen LogP contribution is 2.31. The van der Waals surface area contributed by atoms with Gasteiger partial charge in [0.15, 0.2) is 0 Å². The second kappa shape index (κ2) is 8.16. The molecule has 4 rings (SSSR count). The van der Waals surface area contributed by atoms with Crippen LogP contribution in [-0.4, -0.2) is 40.7 Å². The Labute approximate surface area is 158 Å². The van der Waals surface area contributed by atoms with E-state index in [-0.39, 0.29) is 6.61 Å². The summed E-state index contributed by atoms with van der Waals surface area (Å²) < 4.78 is 7.05. The first-order chi connectivity index (χ1) is 12.8. The Kier molecular flexibility index (Phi) is 5.48. The second-order valence-electron chi connectivity index (χ2n) is 6.79. The van der Waals surface area contributed by atoms with Gasteiger partial charge in [-0.25, -0.2) is 4.98 Å². The van der Waals surface area contributed by atoms with Gasteiger partial charge in [0.1, 0.15) is 5.75 Å². The molecule has 2 aromatic carbocycles. The van der Waals surface area contributed by atoms with Crippen LogP contribution in [0.4, 0.5) is 0 Å². The molecule has 0 spiro atoms. The van der Waals surface area contributed by atoms with E-state index in [9.17, 15) is 0 Å². The molecule has 0 aliphatic heterocycles. The van der Waals surface area contributed by atoms with Crippen molar-refractivity contribution < 1.29 is 9.84 Å². The molecule has 1 aromatic heterocycles. The number of para-hydroxylation sites is 1. The van der Waals surface area contributed by atoms with Gasteiger partial charge in [0.05, 0.1) is 16.8 Å². The van der Waals surface area contributed by atoms with E-state index in [4.69, 9.17) is 9.84 Å². The Hall–Kier alpha value is -1.95. The zero-order valence-electron chi connectivity index (χ0n) is 14.8. The highest BCUT2D eigenvalue weighted by molar-refractivity contribution is 7.20. The van der Waals surface area contributed by atoms with E-state index in [1.165, 1.54) is 18.4 Å². The summed E-state index contributed by atoms with van der Waals surface area (Å²) in [6.45, 7) is 2.13. The lowest BCUT2D eigenvalue weighted by Gasteiger charge is -2.20. The van der Waals surface area contributed by atoms with Crippen LogP contribution in [0.15, 0.2) is 48.5 Å². The van der Waals surface area contributed by atoms with Gasteiger partial charge in [0.25, 0.3) is 5.19 Å². The molecule has 136 valence electrons. The van der Waals surface area contributed by atoms with Crippen LogP contribution in [-0.2, 0) is 6.42 Å². The molecule has 0 radical (unpaired) electrons. The molecule has 1 aliphatic rings. The summed E-state index contributed by atoms with van der Waals surface area (Å²) in [7, 11) is 0. The van der Waals surface area contributed by atoms with Crippen molar-refractivity contribution in [3.63, 3.8) is 0 Å². The number of rotatable bonds is 9. The zero-order valence-corrected chi connectivity index (χ0v) is 15.6. The Morgan fingerprint density at radius 2 is 1.88 bits per heavy atom. The van der Waals surface area contributed by atoms with E-state index in [1.54, 1.807) is 11.3 Å². The van der Waals surface area contributed by atoms with Crippen molar-refractivity contribution >= 4 is 21.6 Å². The maximum Gasteiger partial charge on any atom is 0.279 e. The van der Waals surface area contributed by atoms with Crippen molar-refractivity contribution in [3.05, 3.63) is 54.1 Å². The van der Waals surface area contributed by atoms with Gasteiger partial charge in [-0.2, -0.15) is 0 Å². The number of nitrogens with zero attached hydrogens (tertiary/aromatic N) is 2. The minimum absolute atomic E-state index is 0.258. The lowest BCUT2D eigenvalue weighted by atomic mass is 10.1. The first-order valence-corrected chi connectivity index (χ1v) is 10.1. The summed E-state index contributed by atoms with van der Waals surface area (Å²) in [6, 6.07) is 17.1. The first kappa shape index (κ1) is 17.5.